The van der Waals surface area contributed by atoms with Gasteiger partial charge >= 0.3 is 5.97 Å². The number of terminal acetylenes is 1. The average Bonchev–Trinajstić information content (AvgIpc) is 2.32. The molecule has 6 nitrogen and oxygen atoms in total. The third kappa shape index (κ3) is 5.45. The Balaban J connectivity index is 2.65. The monoisotopic (exact) mass is 315 g/mol. The normalized spacial score (nSPS) is 10.1. The molecule has 1 heterocycles. The van der Waals surface area contributed by atoms with Gasteiger partial charge in [0.15, 0.2) is 5.82 Å². The number of carbonyl (C=O) groups excluding carboxylic acids is 1. The number of amides is 1. The van der Waals surface area contributed by atoms with Gasteiger partial charge in [0.2, 0.25) is 5.91 Å². The maximum atomic E-state index is 11.8. The number of halogens is 2. The molecule has 8 heteroatoms. The van der Waals surface area contributed by atoms with Gasteiger partial charge in [-0.2, -0.15) is 0 Å². The second-order valence-electron chi connectivity index (χ2n) is 3.78. The second kappa shape index (κ2) is 7.70. The van der Waals surface area contributed by atoms with Crippen molar-refractivity contribution in [3.8, 4) is 12.3 Å². The van der Waals surface area contributed by atoms with Crippen LogP contribution in [0.4, 0.5) is 5.82 Å². The Kier molecular flexibility index (Phi) is 6.25. The van der Waals surface area contributed by atoms with Crippen LogP contribution in [0, 0.1) is 12.3 Å². The second-order valence-corrected chi connectivity index (χ2v) is 4.62. The molecule has 0 aliphatic rings. The van der Waals surface area contributed by atoms with Crippen molar-refractivity contribution in [2.45, 2.75) is 0 Å². The maximum absolute atomic E-state index is 11.8. The van der Waals surface area contributed by atoms with Gasteiger partial charge in [-0.25, -0.2) is 4.98 Å². The Morgan fingerprint density at radius 3 is 2.70 bits per heavy atom. The molecule has 1 amide bonds. The van der Waals surface area contributed by atoms with Crippen LogP contribution in [0.15, 0.2) is 12.3 Å². The summed E-state index contributed by atoms with van der Waals surface area (Å²) in [5, 5.41) is 11.7. The molecular formula is C12H11Cl2N3O3. The first-order valence-corrected chi connectivity index (χ1v) is 6.16. The van der Waals surface area contributed by atoms with E-state index in [9.17, 15) is 9.59 Å². The van der Waals surface area contributed by atoms with Gasteiger partial charge in [0.1, 0.15) is 0 Å². The van der Waals surface area contributed by atoms with Crippen molar-refractivity contribution in [2.24, 2.45) is 0 Å². The summed E-state index contributed by atoms with van der Waals surface area (Å²) >= 11 is 11.5. The van der Waals surface area contributed by atoms with Crippen molar-refractivity contribution in [1.29, 1.82) is 0 Å². The molecule has 0 aliphatic carbocycles. The van der Waals surface area contributed by atoms with Crippen molar-refractivity contribution in [1.82, 2.24) is 9.88 Å². The van der Waals surface area contributed by atoms with E-state index in [1.807, 2.05) is 0 Å². The Hall–Kier alpha value is -1.81. The van der Waals surface area contributed by atoms with Gasteiger partial charge in [0, 0.05) is 6.20 Å². The van der Waals surface area contributed by atoms with Crippen LogP contribution < -0.4 is 5.32 Å². The van der Waals surface area contributed by atoms with E-state index in [-0.39, 0.29) is 30.5 Å². The van der Waals surface area contributed by atoms with Crippen LogP contribution in [-0.4, -0.2) is 46.5 Å². The predicted octanol–water partition coefficient (Wildman–Crippen LogP) is 1.35. The first-order valence-electron chi connectivity index (χ1n) is 5.41. The van der Waals surface area contributed by atoms with Crippen molar-refractivity contribution < 1.29 is 14.7 Å². The number of nitrogens with one attached hydrogen (secondary N) is 1. The number of rotatable bonds is 6. The topological polar surface area (TPSA) is 82.5 Å². The fraction of sp³-hybridized carbons (Fsp3) is 0.250. The number of anilines is 1. The first-order chi connectivity index (χ1) is 9.42. The van der Waals surface area contributed by atoms with E-state index in [0.717, 1.165) is 0 Å². The number of nitrogens with zero attached hydrogens (tertiary/aromatic N) is 2. The van der Waals surface area contributed by atoms with Gasteiger partial charge in [0.05, 0.1) is 29.7 Å². The van der Waals surface area contributed by atoms with E-state index in [1.54, 1.807) is 0 Å². The van der Waals surface area contributed by atoms with Crippen LogP contribution in [0.25, 0.3) is 0 Å². The molecule has 0 atom stereocenters. The van der Waals surface area contributed by atoms with Crippen LogP contribution in [0.5, 0.6) is 0 Å². The van der Waals surface area contributed by atoms with Gasteiger partial charge in [-0.3, -0.25) is 14.5 Å². The number of pyridine rings is 1. The lowest BCUT2D eigenvalue weighted by atomic mass is 10.4. The average molecular weight is 316 g/mol. The standard InChI is InChI=1S/C12H11Cl2N3O3/c1-2-3-17(7-11(19)20)6-10(18)16-12-9(14)4-8(13)5-15-12/h1,4-5H,3,6-7H2,(H,19,20)(H,15,16,18). The van der Waals surface area contributed by atoms with E-state index < -0.39 is 11.9 Å². The Labute approximate surface area is 125 Å². The molecule has 0 unspecified atom stereocenters. The Morgan fingerprint density at radius 1 is 1.45 bits per heavy atom. The molecule has 1 aromatic rings. The number of carbonyl (C=O) groups is 2. The number of hydrogen-bond donors (Lipinski definition) is 2. The van der Waals surface area contributed by atoms with Gasteiger partial charge < -0.3 is 10.4 Å². The number of aliphatic carboxylic acids is 1. The summed E-state index contributed by atoms with van der Waals surface area (Å²) in [6.07, 6.45) is 6.44. The van der Waals surface area contributed by atoms with Crippen LogP contribution in [0.3, 0.4) is 0 Å². The third-order valence-electron chi connectivity index (χ3n) is 2.11. The fourth-order valence-electron chi connectivity index (χ4n) is 1.37. The Bertz CT molecular complexity index is 557. The lowest BCUT2D eigenvalue weighted by Gasteiger charge is -2.16. The zero-order valence-electron chi connectivity index (χ0n) is 10.3. The number of aromatic nitrogens is 1. The number of carboxylic acid groups (broad SMARTS) is 1. The molecule has 106 valence electrons. The maximum Gasteiger partial charge on any atom is 0.317 e. The fourth-order valence-corrected chi connectivity index (χ4v) is 1.80. The molecule has 0 bridgehead atoms. The van der Waals surface area contributed by atoms with Gasteiger partial charge in [0.25, 0.3) is 0 Å². The molecule has 0 aliphatic heterocycles. The summed E-state index contributed by atoms with van der Waals surface area (Å²) < 4.78 is 0. The molecule has 1 aromatic heterocycles. The molecule has 0 aromatic carbocycles. The van der Waals surface area contributed by atoms with Crippen LogP contribution in [0.2, 0.25) is 10.0 Å². The molecule has 0 fully saturated rings. The molecule has 2 N–H and O–H groups in total. The summed E-state index contributed by atoms with van der Waals surface area (Å²) in [5.74, 6) is 0.887. The summed E-state index contributed by atoms with van der Waals surface area (Å²) in [6.45, 7) is -0.474. The highest BCUT2D eigenvalue weighted by Gasteiger charge is 2.14. The highest BCUT2D eigenvalue weighted by Crippen LogP contribution is 2.22. The van der Waals surface area contributed by atoms with Crippen molar-refractivity contribution in [2.75, 3.05) is 25.0 Å². The molecule has 0 saturated carbocycles. The molecular weight excluding hydrogens is 305 g/mol. The van der Waals surface area contributed by atoms with E-state index in [4.69, 9.17) is 34.7 Å². The zero-order valence-corrected chi connectivity index (χ0v) is 11.8. The first kappa shape index (κ1) is 16.2. The van der Waals surface area contributed by atoms with E-state index in [1.165, 1.54) is 17.2 Å². The Morgan fingerprint density at radius 2 is 2.15 bits per heavy atom. The zero-order chi connectivity index (χ0) is 15.1. The summed E-state index contributed by atoms with van der Waals surface area (Å²) in [6, 6.07) is 1.43. The third-order valence-corrected chi connectivity index (χ3v) is 2.60. The minimum absolute atomic E-state index is 0.0432. The lowest BCUT2D eigenvalue weighted by molar-refractivity contribution is -0.138. The largest absolute Gasteiger partial charge is 0.480 e. The van der Waals surface area contributed by atoms with Crippen LogP contribution in [-0.2, 0) is 9.59 Å². The van der Waals surface area contributed by atoms with Gasteiger partial charge in [-0.1, -0.05) is 29.1 Å². The summed E-state index contributed by atoms with van der Waals surface area (Å²) in [4.78, 5) is 27.6. The lowest BCUT2D eigenvalue weighted by Crippen LogP contribution is -2.37. The number of carboxylic acids is 1. The SMILES string of the molecule is C#CCN(CC(=O)O)CC(=O)Nc1ncc(Cl)cc1Cl. The quantitative estimate of drug-likeness (QED) is 0.774. The summed E-state index contributed by atoms with van der Waals surface area (Å²) in [5.41, 5.74) is 0. The molecule has 20 heavy (non-hydrogen) atoms. The molecule has 0 spiro atoms. The van der Waals surface area contributed by atoms with Crippen molar-refractivity contribution in [3.05, 3.63) is 22.3 Å². The minimum atomic E-state index is -1.07. The van der Waals surface area contributed by atoms with Crippen LogP contribution >= 0.6 is 23.2 Å². The highest BCUT2D eigenvalue weighted by molar-refractivity contribution is 6.36. The predicted molar refractivity (Wildman–Crippen MR) is 75.8 cm³/mol. The molecule has 0 radical (unpaired) electrons. The summed E-state index contributed by atoms with van der Waals surface area (Å²) in [7, 11) is 0. The molecule has 0 saturated heterocycles. The van der Waals surface area contributed by atoms with Gasteiger partial charge in [-0.05, 0) is 6.07 Å². The van der Waals surface area contributed by atoms with Crippen LogP contribution in [0.1, 0.15) is 0 Å². The van der Waals surface area contributed by atoms with Crippen molar-refractivity contribution >= 4 is 40.9 Å². The van der Waals surface area contributed by atoms with Crippen molar-refractivity contribution in [3.63, 3.8) is 0 Å². The minimum Gasteiger partial charge on any atom is -0.480 e. The number of hydrogen-bond acceptors (Lipinski definition) is 4. The van der Waals surface area contributed by atoms with E-state index in [2.05, 4.69) is 16.2 Å². The highest BCUT2D eigenvalue weighted by atomic mass is 35.5. The van der Waals surface area contributed by atoms with E-state index >= 15 is 0 Å². The van der Waals surface area contributed by atoms with Gasteiger partial charge in [-0.15, -0.1) is 6.42 Å². The van der Waals surface area contributed by atoms with E-state index in [0.29, 0.717) is 5.02 Å². The smallest absolute Gasteiger partial charge is 0.317 e. The molecule has 1 rings (SSSR count).